The summed E-state index contributed by atoms with van der Waals surface area (Å²) in [5, 5.41) is 0. The summed E-state index contributed by atoms with van der Waals surface area (Å²) >= 11 is 0.571. The van der Waals surface area contributed by atoms with Crippen LogP contribution in [0.25, 0.3) is 0 Å². The first-order valence-electron chi connectivity index (χ1n) is 3.10. The molecule has 0 bridgehead atoms. The molecule has 0 aromatic carbocycles. The molecule has 0 saturated heterocycles. The number of nitrogens with zero attached hydrogens (tertiary/aromatic N) is 1. The van der Waals surface area contributed by atoms with Gasteiger partial charge in [0.05, 0.1) is 0 Å². The Balaban J connectivity index is 3.17. The molecular formula is C7H8NRb. The molecular weight excluding hydrogens is 184 g/mol. The molecule has 0 spiro atoms. The predicted molar refractivity (Wildman–Crippen MR) is 39.1 cm³/mol. The molecule has 0 N–H and O–H groups in total. The fourth-order valence-corrected chi connectivity index (χ4v) is 1.46. The summed E-state index contributed by atoms with van der Waals surface area (Å²) in [7, 11) is 0. The third-order valence-electron chi connectivity index (χ3n) is 1.48. The van der Waals surface area contributed by atoms with Gasteiger partial charge in [0.1, 0.15) is 0 Å². The Morgan fingerprint density at radius 3 is 2.56 bits per heavy atom. The number of rotatable bonds is 0. The Kier molecular flexibility index (Phi) is 3.02. The second kappa shape index (κ2) is 3.38. The number of hydrogen-bond acceptors (Lipinski definition) is 1. The molecule has 1 aromatic heterocycles. The van der Waals surface area contributed by atoms with Crippen molar-refractivity contribution in [2.75, 3.05) is 0 Å². The summed E-state index contributed by atoms with van der Waals surface area (Å²) in [6, 6.07) is 2.19. The van der Waals surface area contributed by atoms with Gasteiger partial charge >= 0.3 is 96.5 Å². The molecule has 1 nitrogen and oxygen atoms in total. The molecule has 0 saturated carbocycles. The van der Waals surface area contributed by atoms with Gasteiger partial charge in [-0.25, -0.2) is 0 Å². The van der Waals surface area contributed by atoms with E-state index in [1.165, 1.54) is 9.89 Å². The van der Waals surface area contributed by atoms with Crippen molar-refractivity contribution < 1.29 is 0 Å². The van der Waals surface area contributed by atoms with Gasteiger partial charge < -0.3 is 0 Å². The molecule has 1 aromatic rings. The molecule has 0 fully saturated rings. The van der Waals surface area contributed by atoms with Gasteiger partial charge in [0.2, 0.25) is 0 Å². The maximum atomic E-state index is 4.27. The van der Waals surface area contributed by atoms with Crippen molar-refractivity contribution in [2.45, 2.75) is 13.8 Å². The van der Waals surface area contributed by atoms with E-state index >= 15 is 0 Å². The van der Waals surface area contributed by atoms with E-state index in [-0.39, 0.29) is 0 Å². The molecule has 0 aliphatic heterocycles. The molecule has 0 unspecified atom stereocenters. The van der Waals surface area contributed by atoms with Crippen LogP contribution in [-0.2, 0) is 0 Å². The fourth-order valence-electron chi connectivity index (χ4n) is 0.784. The van der Waals surface area contributed by atoms with Crippen LogP contribution in [0.15, 0.2) is 12.3 Å². The second-order valence-corrected chi connectivity index (χ2v) is 4.74. The number of hydrogen-bond donors (Lipinski definition) is 0. The van der Waals surface area contributed by atoms with Crippen LogP contribution >= 0.6 is 0 Å². The van der Waals surface area contributed by atoms with E-state index in [2.05, 4.69) is 24.9 Å². The summed E-state index contributed by atoms with van der Waals surface area (Å²) in [6.07, 6.45) is 1.94. The quantitative estimate of drug-likeness (QED) is 0.582. The van der Waals surface area contributed by atoms with E-state index in [0.29, 0.717) is 55.5 Å². The van der Waals surface area contributed by atoms with E-state index in [4.69, 9.17) is 0 Å². The zero-order valence-electron chi connectivity index (χ0n) is 6.10. The van der Waals surface area contributed by atoms with Crippen LogP contribution in [0.5, 0.6) is 0 Å². The van der Waals surface area contributed by atoms with Crippen molar-refractivity contribution in [3.63, 3.8) is 0 Å². The molecule has 0 aliphatic carbocycles. The summed E-state index contributed by atoms with van der Waals surface area (Å²) in [6.45, 7) is 4.21. The van der Waals surface area contributed by atoms with Crippen LogP contribution in [0, 0.1) is 13.8 Å². The van der Waals surface area contributed by atoms with Gasteiger partial charge in [-0.3, -0.25) is 0 Å². The van der Waals surface area contributed by atoms with Crippen molar-refractivity contribution in [3.8, 4) is 0 Å². The van der Waals surface area contributed by atoms with Crippen LogP contribution in [-0.4, -0.2) is 60.5 Å². The minimum absolute atomic E-state index is 0.571. The average Bonchev–Trinajstić information content (AvgIpc) is 1.80. The van der Waals surface area contributed by atoms with E-state index in [9.17, 15) is 0 Å². The van der Waals surface area contributed by atoms with Crippen LogP contribution < -0.4 is -1.24 Å². The summed E-state index contributed by atoms with van der Waals surface area (Å²) in [4.78, 5) is 4.27. The molecule has 0 atom stereocenters. The van der Waals surface area contributed by atoms with Gasteiger partial charge in [-0.05, 0) is 0 Å². The Morgan fingerprint density at radius 2 is 2.11 bits per heavy atom. The molecule has 1 rings (SSSR count). The second-order valence-electron chi connectivity index (χ2n) is 2.41. The third kappa shape index (κ3) is 2.22. The molecule has 1 heterocycles. The first kappa shape index (κ1) is 8.06. The SMILES string of the molecule is Cc1cn[c]([Rb])c(C)c1. The standard InChI is InChI=1S/C7H8N.Rb/c1-6-3-7(2)5-8-4-6;/h3-4H,1-2H3;. The van der Waals surface area contributed by atoms with Gasteiger partial charge in [-0.15, -0.1) is 0 Å². The zero-order chi connectivity index (χ0) is 6.85. The van der Waals surface area contributed by atoms with Crippen molar-refractivity contribution >= 4 is 54.3 Å². The van der Waals surface area contributed by atoms with Crippen molar-refractivity contribution in [1.82, 2.24) is 4.98 Å². The molecule has 9 heavy (non-hydrogen) atoms. The molecule has 0 radical (unpaired) electrons. The third-order valence-corrected chi connectivity index (χ3v) is 4.05. The Labute approximate surface area is 94.6 Å². The van der Waals surface area contributed by atoms with E-state index < -0.39 is 0 Å². The van der Waals surface area contributed by atoms with Gasteiger partial charge in [0.25, 0.3) is 0 Å². The van der Waals surface area contributed by atoms with Crippen molar-refractivity contribution in [2.24, 2.45) is 0 Å². The van der Waals surface area contributed by atoms with Crippen LogP contribution in [0.1, 0.15) is 11.1 Å². The molecule has 0 amide bonds. The summed E-state index contributed by atoms with van der Waals surface area (Å²) in [5.74, 6) is 0. The summed E-state index contributed by atoms with van der Waals surface area (Å²) in [5.41, 5.74) is 2.63. The molecule has 0 aliphatic rings. The first-order chi connectivity index (χ1) is 4.20. The van der Waals surface area contributed by atoms with Gasteiger partial charge in [0, 0.05) is 0 Å². The molecule has 2 heteroatoms. The van der Waals surface area contributed by atoms with Crippen molar-refractivity contribution in [3.05, 3.63) is 23.4 Å². The first-order valence-corrected chi connectivity index (χ1v) is 5.56. The van der Waals surface area contributed by atoms with Crippen LogP contribution in [0.2, 0.25) is 0 Å². The van der Waals surface area contributed by atoms with Crippen molar-refractivity contribution in [1.29, 1.82) is 0 Å². The fraction of sp³-hybridized carbons (Fsp3) is 0.286. The monoisotopic (exact) mass is 191 g/mol. The Morgan fingerprint density at radius 1 is 1.44 bits per heavy atom. The van der Waals surface area contributed by atoms with Crippen LogP contribution in [0.4, 0.5) is 0 Å². The van der Waals surface area contributed by atoms with Gasteiger partial charge in [0.15, 0.2) is 0 Å². The van der Waals surface area contributed by atoms with E-state index in [1.807, 2.05) is 6.20 Å². The predicted octanol–water partition coefficient (Wildman–Crippen LogP) is 0.492. The topological polar surface area (TPSA) is 12.9 Å². The van der Waals surface area contributed by atoms with E-state index in [0.717, 1.165) is 0 Å². The zero-order valence-corrected chi connectivity index (χ0v) is 11.0. The molecule has 42 valence electrons. The van der Waals surface area contributed by atoms with Crippen LogP contribution in [0.3, 0.4) is 0 Å². The minimum atomic E-state index is 0.571. The number of pyridine rings is 1. The maximum absolute atomic E-state index is 4.27. The Bertz CT molecular complexity index is 220. The summed E-state index contributed by atoms with van der Waals surface area (Å²) < 4.78 is 1.34. The number of aryl methyl sites for hydroxylation is 2. The Hall–Kier alpha value is 0.955. The van der Waals surface area contributed by atoms with Gasteiger partial charge in [-0.2, -0.15) is 0 Å². The van der Waals surface area contributed by atoms with E-state index in [1.54, 1.807) is 0 Å². The number of aromatic nitrogens is 1. The van der Waals surface area contributed by atoms with Gasteiger partial charge in [-0.1, -0.05) is 0 Å². The normalized spacial score (nSPS) is 9.78. The average molecular weight is 192 g/mol.